The van der Waals surface area contributed by atoms with Crippen LogP contribution in [0.4, 0.5) is 0 Å². The topological polar surface area (TPSA) is 38.1 Å². The van der Waals surface area contributed by atoms with Crippen LogP contribution in [0.1, 0.15) is 28.8 Å². The number of carbonyl (C=O) groups excluding carboxylic acids is 1. The van der Waals surface area contributed by atoms with Crippen LogP contribution in [0.5, 0.6) is 0 Å². The predicted octanol–water partition coefficient (Wildman–Crippen LogP) is 5.70. The standard InChI is InChI=1S/C26H25N3OS/c30-26(28-15-13-21(14-16-28)18-20-8-3-1-4-9-20)23-19-29(22-10-5-2-6-11-22)27-25(23)24-12-7-17-31-24/h1-12,17,19,21H,13-16,18H2. The molecule has 1 saturated heterocycles. The minimum atomic E-state index is 0.0868. The number of likely N-dealkylation sites (tertiary alicyclic amines) is 1. The first-order valence-electron chi connectivity index (χ1n) is 10.8. The summed E-state index contributed by atoms with van der Waals surface area (Å²) in [5.74, 6) is 0.721. The highest BCUT2D eigenvalue weighted by atomic mass is 32.1. The number of rotatable bonds is 5. The molecule has 0 atom stereocenters. The van der Waals surface area contributed by atoms with Gasteiger partial charge in [0.2, 0.25) is 0 Å². The van der Waals surface area contributed by atoms with Gasteiger partial charge in [-0.15, -0.1) is 11.3 Å². The highest BCUT2D eigenvalue weighted by molar-refractivity contribution is 7.13. The number of benzene rings is 2. The molecule has 0 saturated carbocycles. The zero-order valence-electron chi connectivity index (χ0n) is 17.4. The minimum absolute atomic E-state index is 0.0868. The number of aromatic nitrogens is 2. The van der Waals surface area contributed by atoms with Crippen LogP contribution < -0.4 is 0 Å². The Morgan fingerprint density at radius 3 is 2.32 bits per heavy atom. The molecule has 3 heterocycles. The maximum absolute atomic E-state index is 13.5. The van der Waals surface area contributed by atoms with Gasteiger partial charge in [-0.3, -0.25) is 4.79 Å². The molecule has 31 heavy (non-hydrogen) atoms. The summed E-state index contributed by atoms with van der Waals surface area (Å²) in [7, 11) is 0. The summed E-state index contributed by atoms with van der Waals surface area (Å²) in [5.41, 5.74) is 3.81. The Morgan fingerprint density at radius 2 is 1.65 bits per heavy atom. The van der Waals surface area contributed by atoms with Crippen LogP contribution in [0.15, 0.2) is 84.4 Å². The molecule has 1 fully saturated rings. The van der Waals surface area contributed by atoms with Gasteiger partial charge in [-0.05, 0) is 54.3 Å². The van der Waals surface area contributed by atoms with E-state index in [0.29, 0.717) is 11.5 Å². The van der Waals surface area contributed by atoms with Gasteiger partial charge in [-0.2, -0.15) is 5.10 Å². The summed E-state index contributed by atoms with van der Waals surface area (Å²) in [5, 5.41) is 6.82. The monoisotopic (exact) mass is 427 g/mol. The summed E-state index contributed by atoms with van der Waals surface area (Å²) in [4.78, 5) is 16.5. The van der Waals surface area contributed by atoms with Crippen molar-refractivity contribution in [3.05, 3.63) is 95.5 Å². The number of thiophene rings is 1. The molecule has 4 nitrogen and oxygen atoms in total. The fourth-order valence-corrected chi connectivity index (χ4v) is 5.02. The lowest BCUT2D eigenvalue weighted by molar-refractivity contribution is 0.0691. The zero-order valence-corrected chi connectivity index (χ0v) is 18.2. The number of nitrogens with zero attached hydrogens (tertiary/aromatic N) is 3. The Balaban J connectivity index is 1.35. The largest absolute Gasteiger partial charge is 0.339 e. The fraction of sp³-hybridized carbons (Fsp3) is 0.231. The van der Waals surface area contributed by atoms with Crippen LogP contribution in [-0.4, -0.2) is 33.7 Å². The number of para-hydroxylation sites is 1. The predicted molar refractivity (Wildman–Crippen MR) is 126 cm³/mol. The Labute approximate surface area is 186 Å². The van der Waals surface area contributed by atoms with Crippen molar-refractivity contribution in [2.24, 2.45) is 5.92 Å². The first kappa shape index (κ1) is 19.8. The summed E-state index contributed by atoms with van der Waals surface area (Å²) in [6.45, 7) is 1.60. The van der Waals surface area contributed by atoms with E-state index in [2.05, 4.69) is 30.3 Å². The van der Waals surface area contributed by atoms with Gasteiger partial charge in [0, 0.05) is 19.3 Å². The highest BCUT2D eigenvalue weighted by Gasteiger charge is 2.27. The van der Waals surface area contributed by atoms with Crippen molar-refractivity contribution in [3.63, 3.8) is 0 Å². The van der Waals surface area contributed by atoms with Crippen LogP contribution in [0.25, 0.3) is 16.3 Å². The minimum Gasteiger partial charge on any atom is -0.339 e. The van der Waals surface area contributed by atoms with Crippen molar-refractivity contribution >= 4 is 17.2 Å². The number of hydrogen-bond acceptors (Lipinski definition) is 3. The lowest BCUT2D eigenvalue weighted by Crippen LogP contribution is -2.39. The van der Waals surface area contributed by atoms with E-state index in [9.17, 15) is 4.79 Å². The van der Waals surface area contributed by atoms with E-state index < -0.39 is 0 Å². The van der Waals surface area contributed by atoms with Crippen molar-refractivity contribution in [3.8, 4) is 16.3 Å². The second kappa shape index (κ2) is 8.90. The first-order valence-corrected chi connectivity index (χ1v) is 11.7. The molecule has 2 aromatic carbocycles. The highest BCUT2D eigenvalue weighted by Crippen LogP contribution is 2.30. The quantitative estimate of drug-likeness (QED) is 0.410. The van der Waals surface area contributed by atoms with Gasteiger partial charge >= 0.3 is 0 Å². The molecule has 0 unspecified atom stereocenters. The van der Waals surface area contributed by atoms with Gasteiger partial charge < -0.3 is 4.90 Å². The maximum atomic E-state index is 13.5. The molecule has 0 spiro atoms. The van der Waals surface area contributed by atoms with E-state index in [0.717, 1.165) is 48.6 Å². The molecule has 5 rings (SSSR count). The molecule has 0 radical (unpaired) electrons. The second-order valence-electron chi connectivity index (χ2n) is 8.07. The average molecular weight is 428 g/mol. The summed E-state index contributed by atoms with van der Waals surface area (Å²) < 4.78 is 1.82. The third kappa shape index (κ3) is 4.32. The van der Waals surface area contributed by atoms with Crippen molar-refractivity contribution in [1.82, 2.24) is 14.7 Å². The van der Waals surface area contributed by atoms with Gasteiger partial charge in [0.15, 0.2) is 0 Å². The summed E-state index contributed by atoms with van der Waals surface area (Å²) >= 11 is 1.62. The van der Waals surface area contributed by atoms with Gasteiger partial charge in [0.25, 0.3) is 5.91 Å². The van der Waals surface area contributed by atoms with E-state index >= 15 is 0 Å². The van der Waals surface area contributed by atoms with Gasteiger partial charge in [-0.1, -0.05) is 54.6 Å². The van der Waals surface area contributed by atoms with Crippen LogP contribution >= 0.6 is 11.3 Å². The third-order valence-corrected chi connectivity index (χ3v) is 6.87. The first-order chi connectivity index (χ1) is 15.3. The molecule has 0 aliphatic carbocycles. The maximum Gasteiger partial charge on any atom is 0.257 e. The van der Waals surface area contributed by atoms with Crippen molar-refractivity contribution < 1.29 is 4.79 Å². The van der Waals surface area contributed by atoms with Crippen LogP contribution in [0.3, 0.4) is 0 Å². The van der Waals surface area contributed by atoms with Gasteiger partial charge in [0.1, 0.15) is 5.69 Å². The Morgan fingerprint density at radius 1 is 0.935 bits per heavy atom. The molecule has 1 aliphatic heterocycles. The van der Waals surface area contributed by atoms with Gasteiger partial charge in [-0.25, -0.2) is 4.68 Å². The molecule has 0 bridgehead atoms. The van der Waals surface area contributed by atoms with Crippen molar-refractivity contribution in [2.45, 2.75) is 19.3 Å². The molecule has 1 amide bonds. The Hall–Kier alpha value is -3.18. The fourth-order valence-electron chi connectivity index (χ4n) is 4.30. The normalized spacial score (nSPS) is 14.6. The Kier molecular flexibility index (Phi) is 5.67. The summed E-state index contributed by atoms with van der Waals surface area (Å²) in [6, 6.07) is 24.7. The molecule has 2 aromatic heterocycles. The smallest absolute Gasteiger partial charge is 0.257 e. The molecule has 5 heteroatoms. The van der Waals surface area contributed by atoms with E-state index in [1.165, 1.54) is 5.56 Å². The molecular weight excluding hydrogens is 402 g/mol. The number of piperidine rings is 1. The average Bonchev–Trinajstić information content (AvgIpc) is 3.51. The van der Waals surface area contributed by atoms with E-state index in [4.69, 9.17) is 5.10 Å². The third-order valence-electron chi connectivity index (χ3n) is 5.99. The van der Waals surface area contributed by atoms with Crippen LogP contribution in [-0.2, 0) is 6.42 Å². The number of carbonyl (C=O) groups is 1. The lowest BCUT2D eigenvalue weighted by Gasteiger charge is -2.32. The van der Waals surface area contributed by atoms with Crippen molar-refractivity contribution in [1.29, 1.82) is 0 Å². The number of amides is 1. The second-order valence-corrected chi connectivity index (χ2v) is 9.02. The van der Waals surface area contributed by atoms with Crippen LogP contribution in [0.2, 0.25) is 0 Å². The number of hydrogen-bond donors (Lipinski definition) is 0. The SMILES string of the molecule is O=C(c1cn(-c2ccccc2)nc1-c1cccs1)N1CCC(Cc2ccccc2)CC1. The zero-order chi connectivity index (χ0) is 21.0. The lowest BCUT2D eigenvalue weighted by atomic mass is 9.90. The van der Waals surface area contributed by atoms with E-state index in [1.807, 2.05) is 63.6 Å². The molecular formula is C26H25N3OS. The molecule has 156 valence electrons. The Bertz CT molecular complexity index is 1130. The van der Waals surface area contributed by atoms with E-state index in [1.54, 1.807) is 11.3 Å². The van der Waals surface area contributed by atoms with Crippen molar-refractivity contribution in [2.75, 3.05) is 13.1 Å². The van der Waals surface area contributed by atoms with E-state index in [-0.39, 0.29) is 5.91 Å². The molecule has 4 aromatic rings. The molecule has 0 N–H and O–H groups in total. The van der Waals surface area contributed by atoms with Gasteiger partial charge in [0.05, 0.1) is 16.1 Å². The van der Waals surface area contributed by atoms with Crippen LogP contribution in [0, 0.1) is 5.92 Å². The molecule has 1 aliphatic rings. The summed E-state index contributed by atoms with van der Waals surface area (Å²) in [6.07, 6.45) is 5.07.